The quantitative estimate of drug-likeness (QED) is 0.749. The maximum absolute atomic E-state index is 13.2. The summed E-state index contributed by atoms with van der Waals surface area (Å²) in [7, 11) is 0. The fraction of sp³-hybridized carbons (Fsp3) is 0.250. The van der Waals surface area contributed by atoms with E-state index in [1.54, 1.807) is 25.1 Å². The fourth-order valence-corrected chi connectivity index (χ4v) is 3.34. The second-order valence-corrected chi connectivity index (χ2v) is 7.01. The van der Waals surface area contributed by atoms with Gasteiger partial charge in [-0.3, -0.25) is 14.5 Å². The number of imide groups is 1. The summed E-state index contributed by atoms with van der Waals surface area (Å²) >= 11 is 6.04. The van der Waals surface area contributed by atoms with Crippen LogP contribution in [0.25, 0.3) is 0 Å². The summed E-state index contributed by atoms with van der Waals surface area (Å²) in [4.78, 5) is 38.6. The molecule has 1 heterocycles. The van der Waals surface area contributed by atoms with Crippen LogP contribution < -0.4 is 10.6 Å². The third-order valence-electron chi connectivity index (χ3n) is 4.80. The normalized spacial score (nSPS) is 18.9. The van der Waals surface area contributed by atoms with Gasteiger partial charge in [0.25, 0.3) is 5.91 Å². The van der Waals surface area contributed by atoms with Gasteiger partial charge < -0.3 is 10.6 Å². The van der Waals surface area contributed by atoms with Gasteiger partial charge in [0, 0.05) is 10.7 Å². The van der Waals surface area contributed by atoms with Crippen molar-refractivity contribution in [2.24, 2.45) is 0 Å². The Morgan fingerprint density at radius 3 is 2.50 bits per heavy atom. The van der Waals surface area contributed by atoms with Crippen molar-refractivity contribution in [3.63, 3.8) is 0 Å². The van der Waals surface area contributed by atoms with Crippen molar-refractivity contribution < 1.29 is 18.8 Å². The van der Waals surface area contributed by atoms with Gasteiger partial charge >= 0.3 is 6.03 Å². The highest BCUT2D eigenvalue weighted by Crippen LogP contribution is 2.32. The minimum Gasteiger partial charge on any atom is -0.324 e. The predicted molar refractivity (Wildman–Crippen MR) is 103 cm³/mol. The first kappa shape index (κ1) is 19.8. The molecular weight excluding hydrogens is 385 g/mol. The standard InChI is InChI=1S/C20H19ClFN3O3/c1-3-20(13-5-7-14(22)8-6-13)18(27)25(19(28)24-20)11-17(26)23-15-9-4-12(2)16(21)10-15/h4-10H,3,11H2,1-2H3,(H,23,26)(H,24,28). The minimum absolute atomic E-state index is 0.259. The van der Waals surface area contributed by atoms with Crippen LogP contribution in [-0.2, 0) is 15.1 Å². The molecule has 0 aromatic heterocycles. The highest BCUT2D eigenvalue weighted by molar-refractivity contribution is 6.31. The molecule has 8 heteroatoms. The maximum Gasteiger partial charge on any atom is 0.325 e. The maximum atomic E-state index is 13.2. The SMILES string of the molecule is CCC1(c2ccc(F)cc2)NC(=O)N(CC(=O)Nc2ccc(C)c(Cl)c2)C1=O. The van der Waals surface area contributed by atoms with Crippen molar-refractivity contribution in [2.45, 2.75) is 25.8 Å². The van der Waals surface area contributed by atoms with Crippen molar-refractivity contribution >= 4 is 35.1 Å². The van der Waals surface area contributed by atoms with Crippen LogP contribution in [-0.4, -0.2) is 29.3 Å². The van der Waals surface area contributed by atoms with E-state index in [4.69, 9.17) is 11.6 Å². The first-order valence-corrected chi connectivity index (χ1v) is 9.11. The Balaban J connectivity index is 1.78. The van der Waals surface area contributed by atoms with E-state index >= 15 is 0 Å². The van der Waals surface area contributed by atoms with Gasteiger partial charge in [-0.1, -0.05) is 36.7 Å². The number of nitrogens with one attached hydrogen (secondary N) is 2. The van der Waals surface area contributed by atoms with Gasteiger partial charge in [-0.2, -0.15) is 0 Å². The summed E-state index contributed by atoms with van der Waals surface area (Å²) in [5, 5.41) is 5.77. The highest BCUT2D eigenvalue weighted by Gasteiger charge is 2.51. The summed E-state index contributed by atoms with van der Waals surface area (Å²) in [6, 6.07) is 9.71. The Hall–Kier alpha value is -2.93. The van der Waals surface area contributed by atoms with Gasteiger partial charge in [-0.15, -0.1) is 0 Å². The summed E-state index contributed by atoms with van der Waals surface area (Å²) in [6.45, 7) is 3.12. The molecule has 0 bridgehead atoms. The molecule has 2 aromatic rings. The molecule has 2 aromatic carbocycles. The van der Waals surface area contributed by atoms with Crippen molar-refractivity contribution in [3.05, 3.63) is 64.4 Å². The first-order chi connectivity index (χ1) is 13.3. The molecule has 1 unspecified atom stereocenters. The van der Waals surface area contributed by atoms with Gasteiger partial charge in [0.15, 0.2) is 0 Å². The Morgan fingerprint density at radius 1 is 1.21 bits per heavy atom. The van der Waals surface area contributed by atoms with E-state index in [0.717, 1.165) is 10.5 Å². The van der Waals surface area contributed by atoms with Crippen molar-refractivity contribution in [1.82, 2.24) is 10.2 Å². The number of hydrogen-bond donors (Lipinski definition) is 2. The summed E-state index contributed by atoms with van der Waals surface area (Å²) < 4.78 is 13.2. The number of halogens is 2. The number of nitrogens with zero attached hydrogens (tertiary/aromatic N) is 1. The average Bonchev–Trinajstić information content (AvgIpc) is 2.90. The van der Waals surface area contributed by atoms with Crippen LogP contribution in [0.2, 0.25) is 5.02 Å². The van der Waals surface area contributed by atoms with Gasteiger partial charge in [-0.25, -0.2) is 9.18 Å². The molecule has 28 heavy (non-hydrogen) atoms. The van der Waals surface area contributed by atoms with E-state index in [0.29, 0.717) is 16.3 Å². The molecule has 1 fully saturated rings. The van der Waals surface area contributed by atoms with Crippen molar-refractivity contribution in [3.8, 4) is 0 Å². The van der Waals surface area contributed by atoms with Crippen molar-refractivity contribution in [2.75, 3.05) is 11.9 Å². The van der Waals surface area contributed by atoms with E-state index in [1.165, 1.54) is 24.3 Å². The molecule has 0 spiro atoms. The molecule has 1 atom stereocenters. The molecule has 3 rings (SSSR count). The van der Waals surface area contributed by atoms with Crippen LogP contribution in [0, 0.1) is 12.7 Å². The number of rotatable bonds is 5. The number of anilines is 1. The van der Waals surface area contributed by atoms with Crippen LogP contribution >= 0.6 is 11.6 Å². The van der Waals surface area contributed by atoms with Crippen LogP contribution in [0.4, 0.5) is 14.9 Å². The molecule has 0 radical (unpaired) electrons. The number of carbonyl (C=O) groups is 3. The van der Waals surface area contributed by atoms with Crippen LogP contribution in [0.5, 0.6) is 0 Å². The van der Waals surface area contributed by atoms with Crippen molar-refractivity contribution in [1.29, 1.82) is 0 Å². The second-order valence-electron chi connectivity index (χ2n) is 6.60. The molecule has 1 saturated heterocycles. The van der Waals surface area contributed by atoms with E-state index < -0.39 is 35.7 Å². The third-order valence-corrected chi connectivity index (χ3v) is 5.21. The molecule has 0 saturated carbocycles. The summed E-state index contributed by atoms with van der Waals surface area (Å²) in [5.41, 5.74) is 0.467. The monoisotopic (exact) mass is 403 g/mol. The molecular formula is C20H19ClFN3O3. The Morgan fingerprint density at radius 2 is 1.89 bits per heavy atom. The van der Waals surface area contributed by atoms with Gasteiger partial charge in [0.2, 0.25) is 5.91 Å². The largest absolute Gasteiger partial charge is 0.325 e. The number of urea groups is 1. The van der Waals surface area contributed by atoms with Gasteiger partial charge in [0.05, 0.1) is 0 Å². The van der Waals surface area contributed by atoms with E-state index in [-0.39, 0.29) is 6.42 Å². The summed E-state index contributed by atoms with van der Waals surface area (Å²) in [6.07, 6.45) is 0.259. The van der Waals surface area contributed by atoms with Gasteiger partial charge in [0.1, 0.15) is 17.9 Å². The smallest absolute Gasteiger partial charge is 0.324 e. The lowest BCUT2D eigenvalue weighted by atomic mass is 9.87. The average molecular weight is 404 g/mol. The number of hydrogen-bond acceptors (Lipinski definition) is 3. The second kappa shape index (κ2) is 7.59. The molecule has 146 valence electrons. The number of carbonyl (C=O) groups excluding carboxylic acids is 3. The zero-order valence-electron chi connectivity index (χ0n) is 15.4. The lowest BCUT2D eigenvalue weighted by Crippen LogP contribution is -2.44. The van der Waals surface area contributed by atoms with Crippen LogP contribution in [0.1, 0.15) is 24.5 Å². The van der Waals surface area contributed by atoms with Gasteiger partial charge in [-0.05, 0) is 48.7 Å². The number of amides is 4. The number of aryl methyl sites for hydroxylation is 1. The predicted octanol–water partition coefficient (Wildman–Crippen LogP) is 3.58. The zero-order chi connectivity index (χ0) is 20.5. The highest BCUT2D eigenvalue weighted by atomic mass is 35.5. The minimum atomic E-state index is -1.32. The topological polar surface area (TPSA) is 78.5 Å². The number of benzene rings is 2. The van der Waals surface area contributed by atoms with E-state index in [9.17, 15) is 18.8 Å². The Labute approximate surface area is 166 Å². The summed E-state index contributed by atoms with van der Waals surface area (Å²) in [5.74, 6) is -1.53. The molecule has 1 aliphatic heterocycles. The molecule has 1 aliphatic rings. The molecule has 2 N–H and O–H groups in total. The Kier molecular flexibility index (Phi) is 5.38. The zero-order valence-corrected chi connectivity index (χ0v) is 16.1. The van der Waals surface area contributed by atoms with Crippen LogP contribution in [0.3, 0.4) is 0 Å². The Bertz CT molecular complexity index is 948. The lowest BCUT2D eigenvalue weighted by molar-refractivity contribution is -0.134. The fourth-order valence-electron chi connectivity index (χ4n) is 3.16. The molecule has 4 amide bonds. The third kappa shape index (κ3) is 3.57. The molecule has 6 nitrogen and oxygen atoms in total. The lowest BCUT2D eigenvalue weighted by Gasteiger charge is -2.25. The van der Waals surface area contributed by atoms with Crippen LogP contribution in [0.15, 0.2) is 42.5 Å². The van der Waals surface area contributed by atoms with E-state index in [1.807, 2.05) is 6.92 Å². The first-order valence-electron chi connectivity index (χ1n) is 8.73. The van der Waals surface area contributed by atoms with E-state index in [2.05, 4.69) is 10.6 Å². The molecule has 0 aliphatic carbocycles.